The molecule has 2 rings (SSSR count). The third-order valence-corrected chi connectivity index (χ3v) is 1.87. The van der Waals surface area contributed by atoms with Crippen LogP contribution in [0.25, 0.3) is 0 Å². The van der Waals surface area contributed by atoms with Crippen molar-refractivity contribution in [2.75, 3.05) is 0 Å². The lowest BCUT2D eigenvalue weighted by atomic mass is 10.2. The van der Waals surface area contributed by atoms with Crippen LogP contribution in [-0.2, 0) is 0 Å². The van der Waals surface area contributed by atoms with E-state index in [1.165, 1.54) is 12.4 Å². The molecule has 0 aliphatic carbocycles. The predicted octanol–water partition coefficient (Wildman–Crippen LogP) is 2.28. The lowest BCUT2D eigenvalue weighted by Crippen LogP contribution is -1.88. The Morgan fingerprint density at radius 2 is 2.13 bits per heavy atom. The number of phenols is 1. The van der Waals surface area contributed by atoms with E-state index in [-0.39, 0.29) is 5.75 Å². The fourth-order valence-electron chi connectivity index (χ4n) is 1.16. The van der Waals surface area contributed by atoms with E-state index < -0.39 is 0 Å². The van der Waals surface area contributed by atoms with Gasteiger partial charge in [0, 0.05) is 12.4 Å². The zero-order valence-corrected chi connectivity index (χ0v) is 8.21. The Hall–Kier alpha value is -2.10. The molecule has 4 nitrogen and oxygen atoms in total. The first-order valence-electron chi connectivity index (χ1n) is 4.49. The van der Waals surface area contributed by atoms with Gasteiger partial charge in [0.05, 0.1) is 6.20 Å². The number of nitrogens with zero attached hydrogens (tertiary/aromatic N) is 2. The highest BCUT2D eigenvalue weighted by atomic mass is 16.5. The molecule has 0 unspecified atom stereocenters. The van der Waals surface area contributed by atoms with Gasteiger partial charge >= 0.3 is 0 Å². The summed E-state index contributed by atoms with van der Waals surface area (Å²) in [5.74, 6) is 0.832. The van der Waals surface area contributed by atoms with E-state index in [1.807, 2.05) is 13.0 Å². The molecule has 76 valence electrons. The van der Waals surface area contributed by atoms with Crippen LogP contribution in [0.15, 0.2) is 36.8 Å². The highest BCUT2D eigenvalue weighted by Gasteiger charge is 2.04. The summed E-state index contributed by atoms with van der Waals surface area (Å²) >= 11 is 0. The van der Waals surface area contributed by atoms with E-state index in [4.69, 9.17) is 4.74 Å². The molecule has 4 heteroatoms. The van der Waals surface area contributed by atoms with Gasteiger partial charge in [-0.25, -0.2) is 4.98 Å². The number of ether oxygens (including phenoxy) is 1. The number of phenolic OH excluding ortho intramolecular Hbond substituents is 1. The van der Waals surface area contributed by atoms with Crippen LogP contribution in [0, 0.1) is 6.92 Å². The fraction of sp³-hybridized carbons (Fsp3) is 0.0909. The number of aromatic hydroxyl groups is 1. The van der Waals surface area contributed by atoms with Crippen molar-refractivity contribution in [2.24, 2.45) is 0 Å². The average molecular weight is 202 g/mol. The molecule has 15 heavy (non-hydrogen) atoms. The highest BCUT2D eigenvalue weighted by Crippen LogP contribution is 2.29. The van der Waals surface area contributed by atoms with Crippen LogP contribution < -0.4 is 4.74 Å². The summed E-state index contributed by atoms with van der Waals surface area (Å²) in [6.45, 7) is 1.89. The third kappa shape index (κ3) is 2.22. The molecule has 0 amide bonds. The summed E-state index contributed by atoms with van der Waals surface area (Å²) in [4.78, 5) is 7.80. The van der Waals surface area contributed by atoms with Gasteiger partial charge in [-0.3, -0.25) is 4.98 Å². The van der Waals surface area contributed by atoms with E-state index in [0.717, 1.165) is 5.56 Å². The maximum Gasteiger partial charge on any atom is 0.238 e. The first kappa shape index (κ1) is 9.45. The average Bonchev–Trinajstić information content (AvgIpc) is 2.24. The largest absolute Gasteiger partial charge is 0.504 e. The zero-order chi connectivity index (χ0) is 10.7. The zero-order valence-electron chi connectivity index (χ0n) is 8.21. The van der Waals surface area contributed by atoms with E-state index in [2.05, 4.69) is 9.97 Å². The van der Waals surface area contributed by atoms with Crippen LogP contribution in [0.3, 0.4) is 0 Å². The Kier molecular flexibility index (Phi) is 2.49. The molecule has 1 heterocycles. The van der Waals surface area contributed by atoms with Gasteiger partial charge in [-0.2, -0.15) is 0 Å². The minimum atomic E-state index is 0.0978. The second-order valence-electron chi connectivity index (χ2n) is 3.12. The first-order valence-corrected chi connectivity index (χ1v) is 4.49. The van der Waals surface area contributed by atoms with Crippen molar-refractivity contribution < 1.29 is 9.84 Å². The van der Waals surface area contributed by atoms with Gasteiger partial charge in [-0.05, 0) is 24.6 Å². The Morgan fingerprint density at radius 1 is 1.27 bits per heavy atom. The fourth-order valence-corrected chi connectivity index (χ4v) is 1.16. The van der Waals surface area contributed by atoms with Crippen LogP contribution >= 0.6 is 0 Å². The van der Waals surface area contributed by atoms with Crippen molar-refractivity contribution in [1.82, 2.24) is 9.97 Å². The molecule has 0 saturated heterocycles. The van der Waals surface area contributed by atoms with Gasteiger partial charge in [0.1, 0.15) is 0 Å². The Morgan fingerprint density at radius 3 is 2.80 bits per heavy atom. The van der Waals surface area contributed by atoms with Gasteiger partial charge in [-0.1, -0.05) is 6.07 Å². The second-order valence-corrected chi connectivity index (χ2v) is 3.12. The first-order chi connectivity index (χ1) is 7.25. The number of aromatic nitrogens is 2. The Balaban J connectivity index is 2.25. The van der Waals surface area contributed by atoms with Gasteiger partial charge in [0.2, 0.25) is 5.88 Å². The van der Waals surface area contributed by atoms with Crippen molar-refractivity contribution >= 4 is 0 Å². The molecular formula is C11H10N2O2. The van der Waals surface area contributed by atoms with E-state index >= 15 is 0 Å². The number of benzene rings is 1. The summed E-state index contributed by atoms with van der Waals surface area (Å²) in [7, 11) is 0. The summed E-state index contributed by atoms with van der Waals surface area (Å²) in [6.07, 6.45) is 4.57. The molecule has 0 aliphatic heterocycles. The lowest BCUT2D eigenvalue weighted by Gasteiger charge is -2.06. The van der Waals surface area contributed by atoms with E-state index in [1.54, 1.807) is 18.3 Å². The summed E-state index contributed by atoms with van der Waals surface area (Å²) in [6, 6.07) is 5.18. The Bertz CT molecular complexity index is 457. The minimum Gasteiger partial charge on any atom is -0.504 e. The molecule has 0 bridgehead atoms. The highest BCUT2D eigenvalue weighted by molar-refractivity contribution is 5.42. The van der Waals surface area contributed by atoms with Crippen molar-refractivity contribution in [2.45, 2.75) is 6.92 Å². The van der Waals surface area contributed by atoms with Crippen LogP contribution in [0.4, 0.5) is 0 Å². The van der Waals surface area contributed by atoms with Crippen LogP contribution in [0.2, 0.25) is 0 Å². The van der Waals surface area contributed by atoms with Crippen molar-refractivity contribution in [3.63, 3.8) is 0 Å². The van der Waals surface area contributed by atoms with Gasteiger partial charge < -0.3 is 9.84 Å². The van der Waals surface area contributed by atoms with Crippen molar-refractivity contribution in [1.29, 1.82) is 0 Å². The molecule has 1 aromatic heterocycles. The number of hydrogen-bond donors (Lipinski definition) is 1. The number of aryl methyl sites for hydroxylation is 1. The smallest absolute Gasteiger partial charge is 0.238 e. The molecule has 1 N–H and O–H groups in total. The molecule has 1 aromatic carbocycles. The van der Waals surface area contributed by atoms with E-state index in [9.17, 15) is 5.11 Å². The topological polar surface area (TPSA) is 55.2 Å². The quantitative estimate of drug-likeness (QED) is 0.811. The third-order valence-electron chi connectivity index (χ3n) is 1.87. The van der Waals surface area contributed by atoms with Gasteiger partial charge in [-0.15, -0.1) is 0 Å². The molecular weight excluding hydrogens is 192 g/mol. The summed E-state index contributed by atoms with van der Waals surface area (Å²) in [5.41, 5.74) is 0.971. The molecule has 0 radical (unpaired) electrons. The normalized spacial score (nSPS) is 9.93. The maximum absolute atomic E-state index is 9.58. The van der Waals surface area contributed by atoms with Gasteiger partial charge in [0.25, 0.3) is 0 Å². The SMILES string of the molecule is Cc1ccc(Oc2cnccn2)c(O)c1. The Labute approximate surface area is 87.2 Å². The maximum atomic E-state index is 9.58. The standard InChI is InChI=1S/C11H10N2O2/c1-8-2-3-10(9(14)6-8)15-11-7-12-4-5-13-11/h2-7,14H,1H3. The minimum absolute atomic E-state index is 0.0978. The van der Waals surface area contributed by atoms with Crippen LogP contribution in [0.1, 0.15) is 5.56 Å². The molecule has 0 fully saturated rings. The second kappa shape index (κ2) is 3.96. The predicted molar refractivity (Wildman–Crippen MR) is 54.9 cm³/mol. The summed E-state index contributed by atoms with van der Waals surface area (Å²) in [5, 5.41) is 9.58. The van der Waals surface area contributed by atoms with Gasteiger partial charge in [0.15, 0.2) is 11.5 Å². The molecule has 0 saturated carbocycles. The summed E-state index contributed by atoms with van der Waals surface area (Å²) < 4.78 is 5.34. The molecule has 0 spiro atoms. The number of hydrogen-bond acceptors (Lipinski definition) is 4. The van der Waals surface area contributed by atoms with Crippen LogP contribution in [0.5, 0.6) is 17.4 Å². The van der Waals surface area contributed by atoms with E-state index in [0.29, 0.717) is 11.6 Å². The monoisotopic (exact) mass is 202 g/mol. The number of rotatable bonds is 2. The lowest BCUT2D eigenvalue weighted by molar-refractivity contribution is 0.401. The van der Waals surface area contributed by atoms with Crippen LogP contribution in [-0.4, -0.2) is 15.1 Å². The molecule has 0 atom stereocenters. The van der Waals surface area contributed by atoms with Crippen molar-refractivity contribution in [3.8, 4) is 17.4 Å². The van der Waals surface area contributed by atoms with Crippen molar-refractivity contribution in [3.05, 3.63) is 42.4 Å². The molecule has 0 aliphatic rings. The molecule has 2 aromatic rings.